The summed E-state index contributed by atoms with van der Waals surface area (Å²) in [5.74, 6) is -0.285. The van der Waals surface area contributed by atoms with Gasteiger partial charge in [0.05, 0.1) is 18.2 Å². The van der Waals surface area contributed by atoms with Crippen LogP contribution in [0.3, 0.4) is 0 Å². The Balaban J connectivity index is 2.56. The number of benzene rings is 2. The Morgan fingerprint density at radius 1 is 1.31 bits per heavy atom. The summed E-state index contributed by atoms with van der Waals surface area (Å²) in [6, 6.07) is 13.0. The van der Waals surface area contributed by atoms with Crippen molar-refractivity contribution in [2.45, 2.75) is 35.3 Å². The highest BCUT2D eigenvalue weighted by Crippen LogP contribution is 2.43. The first kappa shape index (κ1) is 20.1. The molecule has 134 valence electrons. The molecule has 2 rings (SSSR count). The van der Waals surface area contributed by atoms with E-state index in [1.807, 2.05) is 38.1 Å². The smallest absolute Gasteiger partial charge is 0.321 e. The number of carbonyl (C=O) groups is 1. The van der Waals surface area contributed by atoms with E-state index in [1.165, 1.54) is 18.0 Å². The molecule has 0 aliphatic rings. The average molecular weight is 385 g/mol. The van der Waals surface area contributed by atoms with Gasteiger partial charge in [-0.05, 0) is 44.5 Å². The number of rotatable bonds is 6. The molecule has 0 saturated heterocycles. The van der Waals surface area contributed by atoms with E-state index in [-0.39, 0.29) is 5.97 Å². The number of nitriles is 1. The molecule has 0 amide bonds. The fraction of sp³-hybridized carbons (Fsp3) is 0.250. The number of thioether (sulfide) groups is 1. The Kier molecular flexibility index (Phi) is 6.52. The standard InChI is InChI=1S/C20H20N2O2S2/c1-4-24-19(23)20(2,3)26-16-10-9-15(12-22)18(25)17(16)14-7-5-13(11-21)6-8-14/h5-10,12,22,25H,4H2,1-3H3. The maximum Gasteiger partial charge on any atom is 0.321 e. The number of nitrogens with one attached hydrogen (secondary N) is 1. The predicted octanol–water partition coefficient (Wildman–Crippen LogP) is 4.95. The Bertz CT molecular complexity index is 869. The Morgan fingerprint density at radius 2 is 1.96 bits per heavy atom. The van der Waals surface area contributed by atoms with Crippen LogP contribution in [0, 0.1) is 16.7 Å². The molecular formula is C20H20N2O2S2. The van der Waals surface area contributed by atoms with Gasteiger partial charge in [-0.3, -0.25) is 4.79 Å². The molecule has 0 heterocycles. The lowest BCUT2D eigenvalue weighted by molar-refractivity contribution is -0.145. The molecule has 0 unspecified atom stereocenters. The van der Waals surface area contributed by atoms with Gasteiger partial charge in [0.25, 0.3) is 0 Å². The van der Waals surface area contributed by atoms with Gasteiger partial charge in [0.2, 0.25) is 0 Å². The van der Waals surface area contributed by atoms with Crippen molar-refractivity contribution < 1.29 is 9.53 Å². The van der Waals surface area contributed by atoms with E-state index < -0.39 is 4.75 Å². The van der Waals surface area contributed by atoms with Crippen molar-refractivity contribution in [2.24, 2.45) is 0 Å². The molecule has 0 saturated carbocycles. The lowest BCUT2D eigenvalue weighted by atomic mass is 10.0. The highest BCUT2D eigenvalue weighted by molar-refractivity contribution is 8.01. The van der Waals surface area contributed by atoms with Crippen molar-refractivity contribution in [2.75, 3.05) is 6.61 Å². The van der Waals surface area contributed by atoms with Crippen LogP contribution in [0.4, 0.5) is 0 Å². The molecule has 0 aliphatic carbocycles. The largest absolute Gasteiger partial charge is 0.465 e. The minimum absolute atomic E-state index is 0.285. The average Bonchev–Trinajstić information content (AvgIpc) is 2.62. The number of hydrogen-bond donors (Lipinski definition) is 2. The Morgan fingerprint density at radius 3 is 2.50 bits per heavy atom. The number of esters is 1. The van der Waals surface area contributed by atoms with Gasteiger partial charge < -0.3 is 10.1 Å². The predicted molar refractivity (Wildman–Crippen MR) is 108 cm³/mol. The lowest BCUT2D eigenvalue weighted by Gasteiger charge is -2.24. The topological polar surface area (TPSA) is 73.9 Å². The van der Waals surface area contributed by atoms with E-state index >= 15 is 0 Å². The van der Waals surface area contributed by atoms with E-state index in [0.29, 0.717) is 22.6 Å². The van der Waals surface area contributed by atoms with E-state index in [2.05, 4.69) is 18.7 Å². The van der Waals surface area contributed by atoms with Gasteiger partial charge >= 0.3 is 5.97 Å². The highest BCUT2D eigenvalue weighted by Gasteiger charge is 2.32. The zero-order valence-electron chi connectivity index (χ0n) is 14.9. The van der Waals surface area contributed by atoms with E-state index in [1.54, 1.807) is 19.1 Å². The van der Waals surface area contributed by atoms with Gasteiger partial charge in [-0.2, -0.15) is 5.26 Å². The summed E-state index contributed by atoms with van der Waals surface area (Å²) in [5.41, 5.74) is 2.96. The molecule has 4 nitrogen and oxygen atoms in total. The maximum absolute atomic E-state index is 12.3. The number of hydrogen-bond acceptors (Lipinski definition) is 6. The van der Waals surface area contributed by atoms with Crippen LogP contribution < -0.4 is 0 Å². The second kappa shape index (κ2) is 8.43. The molecule has 0 fully saturated rings. The SMILES string of the molecule is CCOC(=O)C(C)(C)Sc1ccc(C=N)c(S)c1-c1ccc(C#N)cc1. The van der Waals surface area contributed by atoms with Crippen molar-refractivity contribution in [1.29, 1.82) is 10.7 Å². The second-order valence-electron chi connectivity index (χ2n) is 6.04. The fourth-order valence-corrected chi connectivity index (χ4v) is 4.02. The summed E-state index contributed by atoms with van der Waals surface area (Å²) < 4.78 is 4.40. The number of nitrogens with zero attached hydrogens (tertiary/aromatic N) is 1. The van der Waals surface area contributed by atoms with E-state index in [0.717, 1.165) is 16.0 Å². The molecule has 2 aromatic carbocycles. The molecule has 0 bridgehead atoms. The summed E-state index contributed by atoms with van der Waals surface area (Å²) in [4.78, 5) is 13.8. The van der Waals surface area contributed by atoms with Crippen LogP contribution in [0.25, 0.3) is 11.1 Å². The maximum atomic E-state index is 12.3. The molecular weight excluding hydrogens is 364 g/mol. The summed E-state index contributed by atoms with van der Waals surface area (Å²) in [6.07, 6.45) is 1.25. The monoisotopic (exact) mass is 384 g/mol. The molecule has 26 heavy (non-hydrogen) atoms. The van der Waals surface area contributed by atoms with Crippen LogP contribution in [0.1, 0.15) is 31.9 Å². The van der Waals surface area contributed by atoms with Crippen molar-refractivity contribution >= 4 is 36.6 Å². The molecule has 0 aliphatic heterocycles. The lowest BCUT2D eigenvalue weighted by Crippen LogP contribution is -2.30. The first-order valence-electron chi connectivity index (χ1n) is 8.07. The van der Waals surface area contributed by atoms with Crippen LogP contribution in [0.2, 0.25) is 0 Å². The quantitative estimate of drug-likeness (QED) is 0.320. The zero-order chi connectivity index (χ0) is 19.3. The molecule has 0 atom stereocenters. The molecule has 1 N–H and O–H groups in total. The Hall–Kier alpha value is -2.23. The summed E-state index contributed by atoms with van der Waals surface area (Å²) in [7, 11) is 0. The van der Waals surface area contributed by atoms with E-state index in [9.17, 15) is 4.79 Å². The summed E-state index contributed by atoms with van der Waals surface area (Å²) in [5, 5.41) is 16.6. The third-order valence-corrected chi connectivity index (χ3v) is 5.48. The van der Waals surface area contributed by atoms with Gasteiger partial charge in [0.15, 0.2) is 0 Å². The van der Waals surface area contributed by atoms with Crippen molar-refractivity contribution in [3.05, 3.63) is 47.5 Å². The molecule has 2 aromatic rings. The first-order valence-corrected chi connectivity index (χ1v) is 9.33. The van der Waals surface area contributed by atoms with Crippen LogP contribution in [-0.4, -0.2) is 23.5 Å². The van der Waals surface area contributed by atoms with Crippen LogP contribution >= 0.6 is 24.4 Å². The third kappa shape index (κ3) is 4.29. The van der Waals surface area contributed by atoms with Crippen LogP contribution in [0.5, 0.6) is 0 Å². The summed E-state index contributed by atoms with van der Waals surface area (Å²) >= 11 is 6.01. The van der Waals surface area contributed by atoms with Gasteiger partial charge in [0, 0.05) is 27.1 Å². The fourth-order valence-electron chi connectivity index (χ4n) is 2.40. The summed E-state index contributed by atoms with van der Waals surface area (Å²) in [6.45, 7) is 5.75. The molecule has 0 spiro atoms. The second-order valence-corrected chi connectivity index (χ2v) is 8.15. The van der Waals surface area contributed by atoms with Crippen molar-refractivity contribution in [1.82, 2.24) is 0 Å². The number of ether oxygens (including phenoxy) is 1. The van der Waals surface area contributed by atoms with Crippen molar-refractivity contribution in [3.63, 3.8) is 0 Å². The molecule has 0 aromatic heterocycles. The number of thiol groups is 1. The zero-order valence-corrected chi connectivity index (χ0v) is 16.6. The van der Waals surface area contributed by atoms with Gasteiger partial charge in [-0.15, -0.1) is 24.4 Å². The van der Waals surface area contributed by atoms with E-state index in [4.69, 9.17) is 15.4 Å². The number of carbonyl (C=O) groups excluding carboxylic acids is 1. The highest BCUT2D eigenvalue weighted by atomic mass is 32.2. The third-order valence-electron chi connectivity index (χ3n) is 3.76. The van der Waals surface area contributed by atoms with Gasteiger partial charge in [0.1, 0.15) is 4.75 Å². The molecule has 6 heteroatoms. The van der Waals surface area contributed by atoms with Crippen LogP contribution in [-0.2, 0) is 9.53 Å². The minimum atomic E-state index is -0.774. The van der Waals surface area contributed by atoms with Gasteiger partial charge in [-0.25, -0.2) is 0 Å². The Labute approximate surface area is 163 Å². The minimum Gasteiger partial charge on any atom is -0.465 e. The van der Waals surface area contributed by atoms with Gasteiger partial charge in [-0.1, -0.05) is 18.2 Å². The normalized spacial score (nSPS) is 10.9. The first-order chi connectivity index (χ1) is 12.3. The van der Waals surface area contributed by atoms with Crippen molar-refractivity contribution in [3.8, 4) is 17.2 Å². The molecule has 0 radical (unpaired) electrons. The van der Waals surface area contributed by atoms with Crippen LogP contribution in [0.15, 0.2) is 46.2 Å².